The van der Waals surface area contributed by atoms with Gasteiger partial charge in [-0.1, -0.05) is 29.8 Å². The number of para-hydroxylation sites is 1. The number of fused-ring (bicyclic) bond motifs is 1. The first-order chi connectivity index (χ1) is 11.0. The summed E-state index contributed by atoms with van der Waals surface area (Å²) in [6, 6.07) is 11.0. The lowest BCUT2D eigenvalue weighted by molar-refractivity contribution is 0.578. The average molecular weight is 353 g/mol. The second-order valence-electron chi connectivity index (χ2n) is 5.08. The molecule has 0 bridgehead atoms. The standard InChI is InChI=1S/C16H14ClFN2O2S/c17-14-6-5-12(18)9-16(14)23(21,22)20-8-7-11-10-19-15-4-2-1-3-13(11)15/h1-6,9-10,19-20H,7-8H2. The van der Waals surface area contributed by atoms with Crippen LogP contribution in [0.5, 0.6) is 0 Å². The van der Waals surface area contributed by atoms with Crippen LogP contribution in [0.2, 0.25) is 5.02 Å². The lowest BCUT2D eigenvalue weighted by Crippen LogP contribution is -2.26. The number of sulfonamides is 1. The summed E-state index contributed by atoms with van der Waals surface area (Å²) >= 11 is 5.85. The highest BCUT2D eigenvalue weighted by Gasteiger charge is 2.18. The average Bonchev–Trinajstić information content (AvgIpc) is 2.93. The molecule has 120 valence electrons. The van der Waals surface area contributed by atoms with E-state index < -0.39 is 15.8 Å². The van der Waals surface area contributed by atoms with Gasteiger partial charge in [0.2, 0.25) is 10.0 Å². The molecule has 0 amide bonds. The Morgan fingerprint density at radius 3 is 2.78 bits per heavy atom. The van der Waals surface area contributed by atoms with Crippen molar-refractivity contribution < 1.29 is 12.8 Å². The molecule has 0 aliphatic heterocycles. The molecule has 2 N–H and O–H groups in total. The van der Waals surface area contributed by atoms with Crippen LogP contribution in [0.3, 0.4) is 0 Å². The fourth-order valence-corrected chi connectivity index (χ4v) is 3.96. The Kier molecular flexibility index (Phi) is 4.39. The second kappa shape index (κ2) is 6.31. The Morgan fingerprint density at radius 1 is 1.17 bits per heavy atom. The highest BCUT2D eigenvalue weighted by molar-refractivity contribution is 7.89. The molecule has 0 saturated carbocycles. The number of hydrogen-bond donors (Lipinski definition) is 2. The third-order valence-electron chi connectivity index (χ3n) is 3.54. The fourth-order valence-electron chi connectivity index (χ4n) is 2.42. The zero-order valence-corrected chi connectivity index (χ0v) is 13.6. The van der Waals surface area contributed by atoms with E-state index in [0.717, 1.165) is 28.6 Å². The third-order valence-corrected chi connectivity index (χ3v) is 5.49. The molecule has 0 saturated heterocycles. The zero-order chi connectivity index (χ0) is 16.4. The van der Waals surface area contributed by atoms with Crippen molar-refractivity contribution in [2.24, 2.45) is 0 Å². The molecule has 0 aliphatic rings. The predicted octanol–water partition coefficient (Wildman–Crippen LogP) is 3.48. The highest BCUT2D eigenvalue weighted by atomic mass is 35.5. The Hall–Kier alpha value is -1.89. The van der Waals surface area contributed by atoms with E-state index in [1.54, 1.807) is 0 Å². The molecule has 0 aliphatic carbocycles. The SMILES string of the molecule is O=S(=O)(NCCc1c[nH]c2ccccc12)c1cc(F)ccc1Cl. The van der Waals surface area contributed by atoms with Gasteiger partial charge in [-0.2, -0.15) is 0 Å². The van der Waals surface area contributed by atoms with Crippen molar-refractivity contribution in [3.63, 3.8) is 0 Å². The van der Waals surface area contributed by atoms with Crippen LogP contribution >= 0.6 is 11.6 Å². The van der Waals surface area contributed by atoms with Crippen LogP contribution in [-0.2, 0) is 16.4 Å². The van der Waals surface area contributed by atoms with E-state index in [0.29, 0.717) is 6.42 Å². The summed E-state index contributed by atoms with van der Waals surface area (Å²) in [5.74, 6) is -0.647. The summed E-state index contributed by atoms with van der Waals surface area (Å²) in [6.45, 7) is 0.191. The highest BCUT2D eigenvalue weighted by Crippen LogP contribution is 2.22. The summed E-state index contributed by atoms with van der Waals surface area (Å²) in [7, 11) is -3.85. The first kappa shape index (κ1) is 16.0. The molecule has 0 radical (unpaired) electrons. The summed E-state index contributed by atoms with van der Waals surface area (Å²) < 4.78 is 40.2. The van der Waals surface area contributed by atoms with E-state index in [1.807, 2.05) is 30.5 Å². The van der Waals surface area contributed by atoms with Crippen molar-refractivity contribution in [1.82, 2.24) is 9.71 Å². The number of benzene rings is 2. The van der Waals surface area contributed by atoms with Gasteiger partial charge >= 0.3 is 0 Å². The first-order valence-corrected chi connectivity index (χ1v) is 8.83. The zero-order valence-electron chi connectivity index (χ0n) is 12.0. The summed E-state index contributed by atoms with van der Waals surface area (Å²) in [6.07, 6.45) is 2.37. The number of H-pyrrole nitrogens is 1. The predicted molar refractivity (Wildman–Crippen MR) is 88.6 cm³/mol. The molecule has 0 atom stereocenters. The van der Waals surface area contributed by atoms with Gasteiger partial charge in [0, 0.05) is 23.6 Å². The first-order valence-electron chi connectivity index (χ1n) is 6.97. The van der Waals surface area contributed by atoms with Gasteiger partial charge < -0.3 is 4.98 Å². The molecule has 3 rings (SSSR count). The van der Waals surface area contributed by atoms with Crippen LogP contribution in [0.25, 0.3) is 10.9 Å². The molecule has 1 aromatic heterocycles. The molecule has 2 aromatic carbocycles. The van der Waals surface area contributed by atoms with Crippen molar-refractivity contribution >= 4 is 32.5 Å². The summed E-state index contributed by atoms with van der Waals surface area (Å²) in [4.78, 5) is 2.88. The van der Waals surface area contributed by atoms with Crippen LogP contribution in [0, 0.1) is 5.82 Å². The van der Waals surface area contributed by atoms with Gasteiger partial charge in [-0.25, -0.2) is 17.5 Å². The van der Waals surface area contributed by atoms with Crippen molar-refractivity contribution in [1.29, 1.82) is 0 Å². The monoisotopic (exact) mass is 352 g/mol. The lowest BCUT2D eigenvalue weighted by atomic mass is 10.1. The minimum atomic E-state index is -3.85. The molecule has 0 unspecified atom stereocenters. The Balaban J connectivity index is 1.74. The smallest absolute Gasteiger partial charge is 0.242 e. The van der Waals surface area contributed by atoms with Crippen molar-refractivity contribution in [2.45, 2.75) is 11.3 Å². The van der Waals surface area contributed by atoms with Crippen LogP contribution in [0.1, 0.15) is 5.56 Å². The number of rotatable bonds is 5. The Labute approximate surface area is 138 Å². The molecule has 4 nitrogen and oxygen atoms in total. The number of aromatic amines is 1. The normalized spacial score (nSPS) is 11.9. The van der Waals surface area contributed by atoms with Gasteiger partial charge in [0.15, 0.2) is 0 Å². The summed E-state index contributed by atoms with van der Waals surface area (Å²) in [5.41, 5.74) is 2.01. The van der Waals surface area contributed by atoms with Crippen molar-refractivity contribution in [2.75, 3.05) is 6.54 Å². The Bertz CT molecular complexity index is 954. The number of hydrogen-bond acceptors (Lipinski definition) is 2. The fraction of sp³-hybridized carbons (Fsp3) is 0.125. The maximum Gasteiger partial charge on any atom is 0.242 e. The van der Waals surface area contributed by atoms with Crippen LogP contribution in [0.15, 0.2) is 53.6 Å². The Morgan fingerprint density at radius 2 is 1.96 bits per heavy atom. The number of aromatic nitrogens is 1. The molecule has 23 heavy (non-hydrogen) atoms. The number of nitrogens with one attached hydrogen (secondary N) is 2. The van der Waals surface area contributed by atoms with Gasteiger partial charge in [0.1, 0.15) is 10.7 Å². The van der Waals surface area contributed by atoms with E-state index in [9.17, 15) is 12.8 Å². The van der Waals surface area contributed by atoms with E-state index in [2.05, 4.69) is 9.71 Å². The quantitative estimate of drug-likeness (QED) is 0.738. The van der Waals surface area contributed by atoms with Gasteiger partial charge in [-0.3, -0.25) is 0 Å². The van der Waals surface area contributed by atoms with Gasteiger partial charge in [-0.15, -0.1) is 0 Å². The minimum absolute atomic E-state index is 0.00834. The van der Waals surface area contributed by atoms with E-state index >= 15 is 0 Å². The molecule has 7 heteroatoms. The molecule has 0 spiro atoms. The molecular formula is C16H14ClFN2O2S. The maximum atomic E-state index is 13.2. The van der Waals surface area contributed by atoms with Crippen LogP contribution < -0.4 is 4.72 Å². The van der Waals surface area contributed by atoms with Gasteiger partial charge in [0.25, 0.3) is 0 Å². The molecule has 1 heterocycles. The van der Waals surface area contributed by atoms with Crippen LogP contribution in [0.4, 0.5) is 4.39 Å². The van der Waals surface area contributed by atoms with Gasteiger partial charge in [0.05, 0.1) is 5.02 Å². The van der Waals surface area contributed by atoms with Crippen molar-refractivity contribution in [3.05, 3.63) is 65.1 Å². The van der Waals surface area contributed by atoms with Crippen LogP contribution in [-0.4, -0.2) is 19.9 Å². The topological polar surface area (TPSA) is 62.0 Å². The molecule has 0 fully saturated rings. The third kappa shape index (κ3) is 3.39. The minimum Gasteiger partial charge on any atom is -0.361 e. The summed E-state index contributed by atoms with van der Waals surface area (Å²) in [5, 5.41) is 1.04. The van der Waals surface area contributed by atoms with Crippen molar-refractivity contribution in [3.8, 4) is 0 Å². The van der Waals surface area contributed by atoms with E-state index in [-0.39, 0.29) is 16.5 Å². The van der Waals surface area contributed by atoms with E-state index in [1.165, 1.54) is 6.07 Å². The lowest BCUT2D eigenvalue weighted by Gasteiger charge is -2.08. The maximum absolute atomic E-state index is 13.2. The largest absolute Gasteiger partial charge is 0.361 e. The molecular weight excluding hydrogens is 339 g/mol. The van der Waals surface area contributed by atoms with Gasteiger partial charge in [-0.05, 0) is 36.2 Å². The second-order valence-corrected chi connectivity index (χ2v) is 7.22. The molecule has 3 aromatic rings. The number of halogens is 2. The van der Waals surface area contributed by atoms with E-state index in [4.69, 9.17) is 11.6 Å².